The number of alkyl halides is 2. The number of nitrogens with two attached hydrogens (primary N) is 1. The van der Waals surface area contributed by atoms with Crippen molar-refractivity contribution in [1.29, 1.82) is 0 Å². The van der Waals surface area contributed by atoms with Crippen molar-refractivity contribution in [2.45, 2.75) is 25.1 Å². The largest absolute Gasteiger partial charge is 0.491 e. The fraction of sp³-hybridized carbons (Fsp3) is 0.400. The van der Waals surface area contributed by atoms with Crippen molar-refractivity contribution in [3.63, 3.8) is 0 Å². The molecule has 0 saturated carbocycles. The first-order valence-corrected chi connectivity index (χ1v) is 10.8. The van der Waals surface area contributed by atoms with Gasteiger partial charge in [-0.2, -0.15) is 0 Å². The molecule has 0 spiro atoms. The normalized spacial score (nSPS) is 18.4. The molecule has 0 radical (unpaired) electrons. The summed E-state index contributed by atoms with van der Waals surface area (Å²) in [5, 5.41) is 3.10. The Bertz CT molecular complexity index is 1070. The van der Waals surface area contributed by atoms with E-state index >= 15 is 0 Å². The lowest BCUT2D eigenvalue weighted by molar-refractivity contribution is -0.119. The summed E-state index contributed by atoms with van der Waals surface area (Å²) in [6, 6.07) is 3.35. The number of rotatable bonds is 7. The summed E-state index contributed by atoms with van der Waals surface area (Å²) >= 11 is 1.04. The SMILES string of the molecule is COC[C@H](Nc1ccc2c(c1)OCCn1cc(N3C(=C=O)SC[C@H]3C(F)F)nc1-2)C(N)=O. The molecule has 1 aromatic heterocycles. The van der Waals surface area contributed by atoms with Crippen molar-refractivity contribution >= 4 is 35.1 Å². The zero-order valence-electron chi connectivity index (χ0n) is 17.1. The predicted molar refractivity (Wildman–Crippen MR) is 116 cm³/mol. The number of methoxy groups -OCH3 is 1. The number of thioether (sulfide) groups is 1. The number of nitrogens with one attached hydrogen (secondary N) is 1. The van der Waals surface area contributed by atoms with E-state index in [2.05, 4.69) is 10.3 Å². The highest BCUT2D eigenvalue weighted by molar-refractivity contribution is 8.03. The number of halogens is 2. The first kappa shape index (κ1) is 22.1. The van der Waals surface area contributed by atoms with Crippen LogP contribution in [-0.4, -0.2) is 66.0 Å². The molecule has 32 heavy (non-hydrogen) atoms. The van der Waals surface area contributed by atoms with Gasteiger partial charge < -0.3 is 30.0 Å². The minimum Gasteiger partial charge on any atom is -0.491 e. The van der Waals surface area contributed by atoms with Gasteiger partial charge in [-0.05, 0) is 12.1 Å². The summed E-state index contributed by atoms with van der Waals surface area (Å²) in [5.74, 6) is 2.57. The summed E-state index contributed by atoms with van der Waals surface area (Å²) in [5.41, 5.74) is 6.65. The second kappa shape index (κ2) is 9.19. The molecule has 4 rings (SSSR count). The molecule has 9 nitrogen and oxygen atoms in total. The van der Waals surface area contributed by atoms with Gasteiger partial charge in [0.25, 0.3) is 6.43 Å². The van der Waals surface area contributed by atoms with E-state index in [0.717, 1.165) is 11.8 Å². The molecule has 1 aromatic carbocycles. The number of aromatic nitrogens is 2. The maximum absolute atomic E-state index is 13.5. The molecule has 2 atom stereocenters. The lowest BCUT2D eigenvalue weighted by Crippen LogP contribution is -2.38. The van der Waals surface area contributed by atoms with E-state index < -0.39 is 24.4 Å². The number of anilines is 2. The molecule has 2 aliphatic rings. The lowest BCUT2D eigenvalue weighted by Gasteiger charge is -2.22. The highest BCUT2D eigenvalue weighted by atomic mass is 32.2. The van der Waals surface area contributed by atoms with Crippen LogP contribution in [0.4, 0.5) is 20.3 Å². The Morgan fingerprint density at radius 2 is 2.31 bits per heavy atom. The predicted octanol–water partition coefficient (Wildman–Crippen LogP) is 1.71. The number of benzene rings is 1. The highest BCUT2D eigenvalue weighted by Crippen LogP contribution is 2.40. The van der Waals surface area contributed by atoms with Crippen molar-refractivity contribution in [1.82, 2.24) is 9.55 Å². The number of primary amides is 1. The van der Waals surface area contributed by atoms with Crippen molar-refractivity contribution in [2.24, 2.45) is 5.73 Å². The quantitative estimate of drug-likeness (QED) is 0.595. The van der Waals surface area contributed by atoms with Gasteiger partial charge in [0.1, 0.15) is 30.3 Å². The minimum absolute atomic E-state index is 0.0850. The number of nitrogens with zero attached hydrogens (tertiary/aromatic N) is 3. The Balaban J connectivity index is 1.68. The number of hydrogen-bond donors (Lipinski definition) is 2. The molecule has 1 saturated heterocycles. The van der Waals surface area contributed by atoms with E-state index in [4.69, 9.17) is 15.2 Å². The van der Waals surface area contributed by atoms with Gasteiger partial charge in [-0.3, -0.25) is 4.79 Å². The van der Waals surface area contributed by atoms with Gasteiger partial charge in [0.15, 0.2) is 16.8 Å². The van der Waals surface area contributed by atoms with E-state index in [-0.39, 0.29) is 23.2 Å². The number of carbonyl (C=O) groups excluding carboxylic acids is 2. The van der Waals surface area contributed by atoms with Crippen LogP contribution in [0.25, 0.3) is 11.4 Å². The molecule has 1 fully saturated rings. The number of ether oxygens (including phenoxy) is 2. The number of carbonyl (C=O) groups is 1. The van der Waals surface area contributed by atoms with Crippen LogP contribution in [-0.2, 0) is 20.9 Å². The summed E-state index contributed by atoms with van der Waals surface area (Å²) in [4.78, 5) is 28.7. The fourth-order valence-electron chi connectivity index (χ4n) is 3.63. The molecule has 0 aliphatic carbocycles. The summed E-state index contributed by atoms with van der Waals surface area (Å²) in [6.45, 7) is 0.862. The van der Waals surface area contributed by atoms with Gasteiger partial charge in [0.05, 0.1) is 18.7 Å². The molecular formula is C20H21F2N5O4S. The van der Waals surface area contributed by atoms with E-state index in [1.807, 2.05) is 0 Å². The Kier molecular flexibility index (Phi) is 6.35. The van der Waals surface area contributed by atoms with Gasteiger partial charge in [-0.15, -0.1) is 0 Å². The number of amides is 1. The Morgan fingerprint density at radius 3 is 3.00 bits per heavy atom. The van der Waals surface area contributed by atoms with Gasteiger partial charge >= 0.3 is 0 Å². The molecule has 0 bridgehead atoms. The topological polar surface area (TPSA) is 112 Å². The highest BCUT2D eigenvalue weighted by Gasteiger charge is 2.39. The van der Waals surface area contributed by atoms with E-state index in [0.29, 0.717) is 36.0 Å². The van der Waals surface area contributed by atoms with Crippen molar-refractivity contribution < 1.29 is 27.8 Å². The van der Waals surface area contributed by atoms with Crippen LogP contribution in [0.15, 0.2) is 29.4 Å². The van der Waals surface area contributed by atoms with Gasteiger partial charge in [-0.25, -0.2) is 18.6 Å². The molecular weight excluding hydrogens is 444 g/mol. The fourth-order valence-corrected chi connectivity index (χ4v) is 4.68. The smallest absolute Gasteiger partial charge is 0.259 e. The third-order valence-electron chi connectivity index (χ3n) is 5.16. The first-order chi connectivity index (χ1) is 15.4. The summed E-state index contributed by atoms with van der Waals surface area (Å²) in [6.07, 6.45) is -0.996. The van der Waals surface area contributed by atoms with Crippen LogP contribution in [0.3, 0.4) is 0 Å². The Hall–Kier alpha value is -3.08. The minimum atomic E-state index is -2.63. The summed E-state index contributed by atoms with van der Waals surface area (Å²) in [7, 11) is 1.47. The van der Waals surface area contributed by atoms with E-state index in [1.54, 1.807) is 34.9 Å². The monoisotopic (exact) mass is 465 g/mol. The number of imidazole rings is 1. The molecule has 3 N–H and O–H groups in total. The van der Waals surface area contributed by atoms with Crippen LogP contribution in [0.2, 0.25) is 0 Å². The average molecular weight is 465 g/mol. The average Bonchev–Trinajstić information content (AvgIpc) is 3.34. The second-order valence-corrected chi connectivity index (χ2v) is 8.23. The van der Waals surface area contributed by atoms with Gasteiger partial charge in [-0.1, -0.05) is 11.8 Å². The molecule has 2 aliphatic heterocycles. The number of fused-ring (bicyclic) bond motifs is 3. The molecule has 0 unspecified atom stereocenters. The van der Waals surface area contributed by atoms with Crippen molar-refractivity contribution in [2.75, 3.05) is 36.3 Å². The third-order valence-corrected chi connectivity index (χ3v) is 6.22. The van der Waals surface area contributed by atoms with Crippen molar-refractivity contribution in [3.8, 4) is 17.1 Å². The summed E-state index contributed by atoms with van der Waals surface area (Å²) < 4.78 is 39.7. The maximum atomic E-state index is 13.5. The Morgan fingerprint density at radius 1 is 1.50 bits per heavy atom. The Labute approximate surface area is 186 Å². The van der Waals surface area contributed by atoms with Crippen LogP contribution >= 0.6 is 11.8 Å². The molecule has 12 heteroatoms. The van der Waals surface area contributed by atoms with Crippen LogP contribution < -0.4 is 20.7 Å². The standard InChI is InChI=1S/C20H21F2N5O4S/c1-30-9-13(19(23)29)24-11-2-3-12-15(6-11)31-5-4-26-7-16(25-20(12)26)27-14(18(21)22)10-32-17(27)8-28/h2-3,6-7,13-14,18,24H,4-5,9-10H2,1H3,(H2,23,29)/t13-,14-/m0/s1. The van der Waals surface area contributed by atoms with Crippen LogP contribution in [0, 0.1) is 0 Å². The maximum Gasteiger partial charge on any atom is 0.259 e. The van der Waals surface area contributed by atoms with Crippen molar-refractivity contribution in [3.05, 3.63) is 29.4 Å². The zero-order chi connectivity index (χ0) is 22.8. The van der Waals surface area contributed by atoms with E-state index in [9.17, 15) is 18.4 Å². The zero-order valence-corrected chi connectivity index (χ0v) is 17.9. The van der Waals surface area contributed by atoms with Crippen LogP contribution in [0.1, 0.15) is 0 Å². The molecule has 3 heterocycles. The molecule has 2 aromatic rings. The third kappa shape index (κ3) is 4.16. The van der Waals surface area contributed by atoms with Gasteiger partial charge in [0, 0.05) is 30.8 Å². The lowest BCUT2D eigenvalue weighted by atomic mass is 10.1. The molecule has 1 amide bonds. The first-order valence-electron chi connectivity index (χ1n) is 9.77. The molecule has 170 valence electrons. The second-order valence-electron chi connectivity index (χ2n) is 7.22. The van der Waals surface area contributed by atoms with E-state index in [1.165, 1.54) is 12.0 Å². The van der Waals surface area contributed by atoms with Gasteiger partial charge in [0.2, 0.25) is 5.91 Å². The van der Waals surface area contributed by atoms with Crippen LogP contribution in [0.5, 0.6) is 5.75 Å². The number of hydrogen-bond acceptors (Lipinski definition) is 8.